The smallest absolute Gasteiger partial charge is 0.0495 e. The standard InChI is InChI=1S/HO3S.Ta/c1-4(2)3;/h(H,1,2,3);/q-1;. The summed E-state index contributed by atoms with van der Waals surface area (Å²) in [4.78, 5) is 0. The summed E-state index contributed by atoms with van der Waals surface area (Å²) < 4.78 is 24.1. The summed E-state index contributed by atoms with van der Waals surface area (Å²) >= 11 is 0. The summed E-state index contributed by atoms with van der Waals surface area (Å²) in [5.41, 5.74) is 0. The first kappa shape index (κ1) is 9.17. The van der Waals surface area contributed by atoms with Crippen molar-refractivity contribution in [1.29, 1.82) is 0 Å². The van der Waals surface area contributed by atoms with Gasteiger partial charge in [0.1, 0.15) is 0 Å². The SMILES string of the molecule is O=[S-](=O)O.[Ta]. The molecule has 0 bridgehead atoms. The molecule has 3 nitrogen and oxygen atoms in total. The minimum atomic E-state index is -2.86. The van der Waals surface area contributed by atoms with Crippen LogP contribution in [-0.4, -0.2) is 4.55 Å². The number of hydrogen-bond acceptors (Lipinski definition) is 3. The van der Waals surface area contributed by atoms with Gasteiger partial charge in [-0.25, -0.2) is 0 Å². The molecule has 0 rings (SSSR count). The van der Waals surface area contributed by atoms with Gasteiger partial charge in [-0.15, -0.1) is 0 Å². The van der Waals surface area contributed by atoms with E-state index in [9.17, 15) is 0 Å². The van der Waals surface area contributed by atoms with E-state index in [0.717, 1.165) is 0 Å². The summed E-state index contributed by atoms with van der Waals surface area (Å²) in [5, 5.41) is 0. The second-order valence-corrected chi connectivity index (χ2v) is 0.651. The van der Waals surface area contributed by atoms with E-state index >= 15 is 0 Å². The summed E-state index contributed by atoms with van der Waals surface area (Å²) in [7, 11) is -2.86. The molecule has 0 aliphatic carbocycles. The average Bonchev–Trinajstić information content (AvgIpc) is 0.811. The molecule has 0 atom stereocenters. The molecule has 0 fully saturated rings. The molecule has 0 amide bonds. The van der Waals surface area contributed by atoms with Gasteiger partial charge in [0.2, 0.25) is 0 Å². The largest absolute Gasteiger partial charge is 0.439 e. The Morgan fingerprint density at radius 1 is 1.40 bits per heavy atom. The van der Waals surface area contributed by atoms with E-state index in [4.69, 9.17) is 13.0 Å². The van der Waals surface area contributed by atoms with Crippen molar-refractivity contribution in [3.63, 3.8) is 0 Å². The Hall–Kier alpha value is 0.650. The fourth-order valence-corrected chi connectivity index (χ4v) is 0. The van der Waals surface area contributed by atoms with E-state index in [1.807, 2.05) is 0 Å². The Bertz CT molecular complexity index is 55.3. The molecule has 0 aromatic carbocycles. The molecule has 5 heteroatoms. The normalized spacial score (nSPS) is 6.80. The van der Waals surface area contributed by atoms with Gasteiger partial charge >= 0.3 is 0 Å². The third-order valence-corrected chi connectivity index (χ3v) is 0. The molecule has 31 valence electrons. The summed E-state index contributed by atoms with van der Waals surface area (Å²) in [6.45, 7) is 0. The molecule has 1 radical (unpaired) electrons. The molecule has 0 heterocycles. The Labute approximate surface area is 46.7 Å². The van der Waals surface area contributed by atoms with Crippen LogP contribution < -0.4 is 0 Å². The molecule has 0 aromatic rings. The van der Waals surface area contributed by atoms with E-state index in [1.165, 1.54) is 0 Å². The van der Waals surface area contributed by atoms with Crippen LogP contribution in [0.2, 0.25) is 0 Å². The van der Waals surface area contributed by atoms with Gasteiger partial charge in [-0.1, -0.05) is 0 Å². The maximum atomic E-state index is 8.56. The van der Waals surface area contributed by atoms with Crippen molar-refractivity contribution in [3.05, 3.63) is 0 Å². The first-order chi connectivity index (χ1) is 1.73. The third kappa shape index (κ3) is 77.2. The fourth-order valence-electron chi connectivity index (χ4n) is 0. The van der Waals surface area contributed by atoms with Gasteiger partial charge < -0.3 is 13.0 Å². The van der Waals surface area contributed by atoms with E-state index in [-0.39, 0.29) is 22.4 Å². The molecule has 0 saturated heterocycles. The second-order valence-electron chi connectivity index (χ2n) is 0.217. The van der Waals surface area contributed by atoms with Crippen molar-refractivity contribution in [2.45, 2.75) is 0 Å². The molecule has 0 saturated carbocycles. The van der Waals surface area contributed by atoms with Crippen molar-refractivity contribution < 1.29 is 35.4 Å². The first-order valence-corrected chi connectivity index (χ1v) is 1.55. The van der Waals surface area contributed by atoms with Crippen molar-refractivity contribution in [2.24, 2.45) is 0 Å². The van der Waals surface area contributed by atoms with Crippen molar-refractivity contribution in [3.8, 4) is 0 Å². The van der Waals surface area contributed by atoms with Crippen LogP contribution in [0.15, 0.2) is 0 Å². The molecule has 0 aliphatic heterocycles. The molecule has 0 unspecified atom stereocenters. The van der Waals surface area contributed by atoms with Crippen LogP contribution in [0.5, 0.6) is 0 Å². The minimum absolute atomic E-state index is 0. The van der Waals surface area contributed by atoms with Crippen LogP contribution in [0, 0.1) is 0 Å². The van der Waals surface area contributed by atoms with Crippen LogP contribution >= 0.6 is 0 Å². The van der Waals surface area contributed by atoms with E-state index in [0.29, 0.717) is 0 Å². The van der Waals surface area contributed by atoms with Crippen LogP contribution in [0.25, 0.3) is 0 Å². The zero-order valence-electron chi connectivity index (χ0n) is 2.12. The van der Waals surface area contributed by atoms with E-state index < -0.39 is 11.0 Å². The molecular weight excluding hydrogens is 261 g/mol. The quantitative estimate of drug-likeness (QED) is 0.372. The predicted molar refractivity (Wildman–Crippen MR) is 11.4 cm³/mol. The summed E-state index contributed by atoms with van der Waals surface area (Å²) in [5.74, 6) is 0. The van der Waals surface area contributed by atoms with Crippen LogP contribution in [0.3, 0.4) is 0 Å². The van der Waals surface area contributed by atoms with Gasteiger partial charge in [0.25, 0.3) is 0 Å². The van der Waals surface area contributed by atoms with Crippen molar-refractivity contribution >= 4 is 11.0 Å². The molecule has 1 N–H and O–H groups in total. The average molecular weight is 262 g/mol. The van der Waals surface area contributed by atoms with Crippen molar-refractivity contribution in [2.75, 3.05) is 0 Å². The first-order valence-electron chi connectivity index (χ1n) is 0.516. The van der Waals surface area contributed by atoms with Crippen LogP contribution in [0.4, 0.5) is 0 Å². The second kappa shape index (κ2) is 4.65. The Morgan fingerprint density at radius 2 is 1.40 bits per heavy atom. The van der Waals surface area contributed by atoms with Crippen LogP contribution in [-0.2, 0) is 41.8 Å². The third-order valence-electron chi connectivity index (χ3n) is 0. The molecule has 0 spiro atoms. The predicted octanol–water partition coefficient (Wildman–Crippen LogP) is -0.234. The minimum Gasteiger partial charge on any atom is -0.439 e. The maximum Gasteiger partial charge on any atom is 0.0495 e. The van der Waals surface area contributed by atoms with Gasteiger partial charge in [0.05, 0.1) is 0 Å². The zero-order chi connectivity index (χ0) is 3.58. The van der Waals surface area contributed by atoms with Crippen LogP contribution in [0.1, 0.15) is 0 Å². The molecule has 0 aliphatic rings. The maximum absolute atomic E-state index is 8.56. The topological polar surface area (TPSA) is 54.4 Å². The van der Waals surface area contributed by atoms with E-state index in [2.05, 4.69) is 0 Å². The number of hydrogen-bond donors (Lipinski definition) is 1. The van der Waals surface area contributed by atoms with Gasteiger partial charge in [0.15, 0.2) is 0 Å². The Kier molecular flexibility index (Phi) is 8.53. The monoisotopic (exact) mass is 262 g/mol. The van der Waals surface area contributed by atoms with Gasteiger partial charge in [-0.2, -0.15) is 0 Å². The molecule has 5 heavy (non-hydrogen) atoms. The zero-order valence-corrected chi connectivity index (χ0v) is 6.15. The van der Waals surface area contributed by atoms with Gasteiger partial charge in [0, 0.05) is 33.4 Å². The van der Waals surface area contributed by atoms with Crippen molar-refractivity contribution in [1.82, 2.24) is 0 Å². The summed E-state index contributed by atoms with van der Waals surface area (Å²) in [6, 6.07) is 0. The number of rotatable bonds is 0. The molecular formula is HO3STa-. The van der Waals surface area contributed by atoms with Gasteiger partial charge in [-0.3, -0.25) is 0 Å². The van der Waals surface area contributed by atoms with Gasteiger partial charge in [-0.05, 0) is 0 Å². The Morgan fingerprint density at radius 3 is 1.40 bits per heavy atom. The van der Waals surface area contributed by atoms with E-state index in [1.54, 1.807) is 0 Å². The summed E-state index contributed by atoms with van der Waals surface area (Å²) in [6.07, 6.45) is 0. The Balaban J connectivity index is 0. The molecule has 0 aromatic heterocycles. The fraction of sp³-hybridized carbons (Fsp3) is 0.